The summed E-state index contributed by atoms with van der Waals surface area (Å²) in [6.45, 7) is 2.90. The Morgan fingerprint density at radius 2 is 1.38 bits per heavy atom. The Morgan fingerprint density at radius 3 is 2.00 bits per heavy atom. The Hall–Kier alpha value is -2.41. The van der Waals surface area contributed by atoms with Crippen LogP contribution >= 0.6 is 12.4 Å². The highest BCUT2D eigenvalue weighted by Crippen LogP contribution is 2.42. The summed E-state index contributed by atoms with van der Waals surface area (Å²) in [4.78, 5) is 29.0. The Bertz CT molecular complexity index is 901. The van der Waals surface area contributed by atoms with E-state index in [0.717, 1.165) is 25.2 Å². The van der Waals surface area contributed by atoms with E-state index in [9.17, 15) is 9.59 Å². The summed E-state index contributed by atoms with van der Waals surface area (Å²) in [6, 6.07) is 17.0. The van der Waals surface area contributed by atoms with E-state index in [1.807, 2.05) is 42.5 Å². The second kappa shape index (κ2) is 9.39. The van der Waals surface area contributed by atoms with Crippen molar-refractivity contribution in [2.24, 2.45) is 5.41 Å². The topological polar surface area (TPSA) is 37.4 Å². The molecular formula is C25H26ClNO2. The van der Waals surface area contributed by atoms with Crippen molar-refractivity contribution in [3.63, 3.8) is 0 Å². The summed E-state index contributed by atoms with van der Waals surface area (Å²) in [5, 5.41) is 0. The van der Waals surface area contributed by atoms with Crippen molar-refractivity contribution >= 4 is 24.0 Å². The second-order valence-corrected chi connectivity index (χ2v) is 7.82. The van der Waals surface area contributed by atoms with Crippen molar-refractivity contribution in [2.45, 2.75) is 32.1 Å². The van der Waals surface area contributed by atoms with Gasteiger partial charge in [-0.2, -0.15) is 0 Å². The second-order valence-electron chi connectivity index (χ2n) is 7.82. The fourth-order valence-corrected chi connectivity index (χ4v) is 4.32. The van der Waals surface area contributed by atoms with Crippen molar-refractivity contribution in [3.05, 3.63) is 71.3 Å². The number of piperidine rings is 1. The molecule has 2 aliphatic rings. The first-order chi connectivity index (χ1) is 13.7. The van der Waals surface area contributed by atoms with Gasteiger partial charge in [-0.3, -0.25) is 14.5 Å². The largest absolute Gasteiger partial charge is 0.293 e. The molecule has 1 fully saturated rings. The number of likely N-dealkylation sites (tertiary alicyclic amines) is 1. The molecule has 0 amide bonds. The van der Waals surface area contributed by atoms with E-state index in [-0.39, 0.29) is 30.4 Å². The molecule has 1 saturated heterocycles. The smallest absolute Gasteiger partial charge is 0.178 e. The van der Waals surface area contributed by atoms with Gasteiger partial charge in [0.2, 0.25) is 0 Å². The highest BCUT2D eigenvalue weighted by Gasteiger charge is 2.52. The summed E-state index contributed by atoms with van der Waals surface area (Å²) in [5.41, 5.74) is 0.984. The van der Waals surface area contributed by atoms with Gasteiger partial charge in [0.25, 0.3) is 0 Å². The van der Waals surface area contributed by atoms with E-state index >= 15 is 0 Å². The molecule has 0 spiro atoms. The van der Waals surface area contributed by atoms with Crippen molar-refractivity contribution < 1.29 is 9.59 Å². The van der Waals surface area contributed by atoms with Crippen LogP contribution in [0.4, 0.5) is 0 Å². The normalized spacial score (nSPS) is 17.8. The third-order valence-electron chi connectivity index (χ3n) is 5.90. The van der Waals surface area contributed by atoms with Crippen LogP contribution in [0.2, 0.25) is 0 Å². The summed E-state index contributed by atoms with van der Waals surface area (Å²) < 4.78 is 0. The summed E-state index contributed by atoms with van der Waals surface area (Å²) in [7, 11) is 0. The van der Waals surface area contributed by atoms with Gasteiger partial charge in [-0.1, -0.05) is 66.9 Å². The summed E-state index contributed by atoms with van der Waals surface area (Å²) in [5.74, 6) is 6.27. The van der Waals surface area contributed by atoms with Gasteiger partial charge in [-0.25, -0.2) is 0 Å². The number of hydrogen-bond donors (Lipinski definition) is 0. The van der Waals surface area contributed by atoms with Gasteiger partial charge >= 0.3 is 0 Å². The first kappa shape index (κ1) is 21.3. The van der Waals surface area contributed by atoms with E-state index in [1.54, 1.807) is 12.1 Å². The van der Waals surface area contributed by atoms with Crippen molar-refractivity contribution in [3.8, 4) is 11.8 Å². The van der Waals surface area contributed by atoms with Crippen LogP contribution in [0.3, 0.4) is 0 Å². The molecule has 1 heterocycles. The molecule has 1 aliphatic carbocycles. The van der Waals surface area contributed by atoms with Crippen molar-refractivity contribution in [1.82, 2.24) is 4.90 Å². The molecule has 1 aliphatic heterocycles. The number of hydrogen-bond acceptors (Lipinski definition) is 3. The molecule has 0 aromatic heterocycles. The zero-order valence-electron chi connectivity index (χ0n) is 16.5. The highest BCUT2D eigenvalue weighted by atomic mass is 35.5. The average Bonchev–Trinajstić information content (AvgIpc) is 2.95. The number of Topliss-reactive ketones (excluding diaryl/α,β-unsaturated/α-hetero) is 2. The van der Waals surface area contributed by atoms with Gasteiger partial charge in [-0.15, -0.1) is 18.3 Å². The van der Waals surface area contributed by atoms with Gasteiger partial charge in [0.1, 0.15) is 5.41 Å². The van der Waals surface area contributed by atoms with E-state index in [0.29, 0.717) is 17.5 Å². The van der Waals surface area contributed by atoms with Crippen LogP contribution in [0.1, 0.15) is 52.0 Å². The minimum absolute atomic E-state index is 0. The summed E-state index contributed by atoms with van der Waals surface area (Å²) >= 11 is 0. The first-order valence-corrected chi connectivity index (χ1v) is 10.1. The molecule has 150 valence electrons. The lowest BCUT2D eigenvalue weighted by molar-refractivity contribution is 0.0702. The third kappa shape index (κ3) is 4.29. The first-order valence-electron chi connectivity index (χ1n) is 10.1. The molecule has 29 heavy (non-hydrogen) atoms. The number of rotatable bonds is 4. The van der Waals surface area contributed by atoms with E-state index in [1.165, 1.54) is 19.3 Å². The van der Waals surface area contributed by atoms with Crippen LogP contribution in [0, 0.1) is 17.3 Å². The molecule has 2 aromatic rings. The van der Waals surface area contributed by atoms with E-state index in [2.05, 4.69) is 16.7 Å². The standard InChI is InChI=1S/C25H25NO2.ClH/c27-23-21-13-5-6-14-22(21)24(28)25(23,19-20-11-3-1-4-12-20)15-7-10-18-26-16-8-2-9-17-26;/h1,3-6,11-14H,2,8-9,15-19H2;1H. The molecular weight excluding hydrogens is 382 g/mol. The highest BCUT2D eigenvalue weighted by molar-refractivity contribution is 6.29. The molecule has 4 rings (SSSR count). The maximum atomic E-state index is 13.3. The predicted octanol–water partition coefficient (Wildman–Crippen LogP) is 4.60. The number of ketones is 2. The van der Waals surface area contributed by atoms with Gasteiger partial charge in [-0.05, 0) is 37.9 Å². The monoisotopic (exact) mass is 407 g/mol. The Morgan fingerprint density at radius 1 is 0.793 bits per heavy atom. The fraction of sp³-hybridized carbons (Fsp3) is 0.360. The Labute approximate surface area is 178 Å². The maximum Gasteiger partial charge on any atom is 0.178 e. The molecule has 0 radical (unpaired) electrons. The van der Waals surface area contributed by atoms with Crippen LogP contribution in [-0.2, 0) is 6.42 Å². The predicted molar refractivity (Wildman–Crippen MR) is 118 cm³/mol. The zero-order valence-corrected chi connectivity index (χ0v) is 17.3. The average molecular weight is 408 g/mol. The molecule has 0 saturated carbocycles. The number of nitrogens with zero attached hydrogens (tertiary/aromatic N) is 1. The van der Waals surface area contributed by atoms with Gasteiger partial charge in [0.15, 0.2) is 11.6 Å². The van der Waals surface area contributed by atoms with Gasteiger partial charge < -0.3 is 0 Å². The molecule has 0 bridgehead atoms. The van der Waals surface area contributed by atoms with Crippen molar-refractivity contribution in [1.29, 1.82) is 0 Å². The van der Waals surface area contributed by atoms with Crippen molar-refractivity contribution in [2.75, 3.05) is 19.6 Å². The van der Waals surface area contributed by atoms with Crippen LogP contribution in [0.15, 0.2) is 54.6 Å². The van der Waals surface area contributed by atoms with Gasteiger partial charge in [0, 0.05) is 17.5 Å². The van der Waals surface area contributed by atoms with Crippen LogP contribution in [-0.4, -0.2) is 36.1 Å². The zero-order chi connectivity index (χ0) is 19.4. The minimum Gasteiger partial charge on any atom is -0.293 e. The fourth-order valence-electron chi connectivity index (χ4n) is 4.32. The molecule has 0 atom stereocenters. The SMILES string of the molecule is Cl.O=C1c2ccccc2C(=O)C1(CC#CCN1CCCCC1)Cc1ccccc1. The minimum atomic E-state index is -1.10. The quantitative estimate of drug-likeness (QED) is 0.549. The number of carbonyl (C=O) groups is 2. The molecule has 4 heteroatoms. The lowest BCUT2D eigenvalue weighted by Gasteiger charge is -2.25. The number of fused-ring (bicyclic) bond motifs is 1. The van der Waals surface area contributed by atoms with E-state index < -0.39 is 5.41 Å². The van der Waals surface area contributed by atoms with Gasteiger partial charge in [0.05, 0.1) is 6.54 Å². The molecule has 3 nitrogen and oxygen atoms in total. The lowest BCUT2D eigenvalue weighted by atomic mass is 9.74. The number of carbonyl (C=O) groups excluding carboxylic acids is 2. The van der Waals surface area contributed by atoms with Crippen LogP contribution in [0.5, 0.6) is 0 Å². The third-order valence-corrected chi connectivity index (χ3v) is 5.90. The lowest BCUT2D eigenvalue weighted by Crippen LogP contribution is -2.35. The Kier molecular flexibility index (Phi) is 6.90. The molecule has 0 N–H and O–H groups in total. The molecule has 0 unspecified atom stereocenters. The summed E-state index contributed by atoms with van der Waals surface area (Å²) in [6.07, 6.45) is 4.43. The number of halogens is 1. The van der Waals surface area contributed by atoms with Crippen LogP contribution < -0.4 is 0 Å². The van der Waals surface area contributed by atoms with E-state index in [4.69, 9.17) is 0 Å². The molecule has 2 aromatic carbocycles. The number of benzene rings is 2. The van der Waals surface area contributed by atoms with Crippen LogP contribution in [0.25, 0.3) is 0 Å². The Balaban J connectivity index is 0.00000240. The maximum absolute atomic E-state index is 13.3.